The average molecular weight is 389 g/mol. The lowest BCUT2D eigenvalue weighted by atomic mass is 10.1. The first-order valence-electron chi connectivity index (χ1n) is 9.18. The third-order valence-corrected chi connectivity index (χ3v) is 4.01. The number of benzene rings is 1. The second kappa shape index (κ2) is 10.5. The Kier molecular flexibility index (Phi) is 8.09. The third kappa shape index (κ3) is 5.86. The van der Waals surface area contributed by atoms with Gasteiger partial charge in [0.15, 0.2) is 12.0 Å². The lowest BCUT2D eigenvalue weighted by molar-refractivity contribution is -0.145. The molecule has 0 aliphatic rings. The molecule has 0 atom stereocenters. The summed E-state index contributed by atoms with van der Waals surface area (Å²) in [7, 11) is 3.28. The van der Waals surface area contributed by atoms with Crippen molar-refractivity contribution in [1.82, 2.24) is 25.2 Å². The highest BCUT2D eigenvalue weighted by molar-refractivity contribution is 5.94. The van der Waals surface area contributed by atoms with E-state index in [1.165, 1.54) is 4.68 Å². The Labute approximate surface area is 164 Å². The number of carbonyl (C=O) groups is 2. The molecule has 9 heteroatoms. The maximum Gasteiger partial charge on any atom is 0.276 e. The van der Waals surface area contributed by atoms with Gasteiger partial charge in [0.1, 0.15) is 0 Å². The molecule has 2 rings (SSSR count). The summed E-state index contributed by atoms with van der Waals surface area (Å²) >= 11 is 0. The van der Waals surface area contributed by atoms with E-state index in [1.807, 2.05) is 26.0 Å². The fourth-order valence-corrected chi connectivity index (χ4v) is 2.61. The fourth-order valence-electron chi connectivity index (χ4n) is 2.61. The molecule has 2 amide bonds. The topological polar surface area (TPSA) is 98.6 Å². The Balaban J connectivity index is 1.97. The quantitative estimate of drug-likeness (QED) is 0.615. The molecule has 28 heavy (non-hydrogen) atoms. The first-order chi connectivity index (χ1) is 13.5. The number of carbonyl (C=O) groups excluding carboxylic acids is 2. The Morgan fingerprint density at radius 3 is 2.39 bits per heavy atom. The Morgan fingerprint density at radius 2 is 1.82 bits per heavy atom. The van der Waals surface area contributed by atoms with Crippen LogP contribution in [0.3, 0.4) is 0 Å². The minimum atomic E-state index is -0.434. The number of nitrogens with one attached hydrogen (secondary N) is 1. The van der Waals surface area contributed by atoms with Crippen LogP contribution in [0.1, 0.15) is 40.3 Å². The van der Waals surface area contributed by atoms with Gasteiger partial charge in [0.2, 0.25) is 0 Å². The van der Waals surface area contributed by atoms with Gasteiger partial charge in [-0.05, 0) is 31.5 Å². The predicted octanol–water partition coefficient (Wildman–Crippen LogP) is 1.31. The minimum Gasteiger partial charge on any atom is -0.355 e. The number of nitrogens with zero attached hydrogens (tertiary/aromatic N) is 4. The molecule has 1 heterocycles. The number of rotatable bonds is 10. The van der Waals surface area contributed by atoms with E-state index < -0.39 is 6.29 Å². The Morgan fingerprint density at radius 1 is 1.18 bits per heavy atom. The SMILES string of the molecule is CCOC(Cn1cc(C(=O)N(C)Cc2ccc(C(=O)NC)cc2)nn1)OCC. The molecule has 0 bridgehead atoms. The maximum atomic E-state index is 12.6. The van der Waals surface area contributed by atoms with E-state index in [0.29, 0.717) is 31.9 Å². The van der Waals surface area contributed by atoms with Crippen LogP contribution in [0.4, 0.5) is 0 Å². The summed E-state index contributed by atoms with van der Waals surface area (Å²) in [5, 5.41) is 10.5. The molecule has 2 aromatic rings. The molecule has 1 aromatic heterocycles. The summed E-state index contributed by atoms with van der Waals surface area (Å²) < 4.78 is 12.5. The zero-order valence-electron chi connectivity index (χ0n) is 16.7. The van der Waals surface area contributed by atoms with Gasteiger partial charge >= 0.3 is 0 Å². The molecule has 0 saturated carbocycles. The molecular weight excluding hydrogens is 362 g/mol. The maximum absolute atomic E-state index is 12.6. The fraction of sp³-hybridized carbons (Fsp3) is 0.474. The van der Waals surface area contributed by atoms with Crippen LogP contribution in [-0.2, 0) is 22.6 Å². The molecule has 0 aliphatic heterocycles. The van der Waals surface area contributed by atoms with Crippen LogP contribution in [0.25, 0.3) is 0 Å². The van der Waals surface area contributed by atoms with Gasteiger partial charge < -0.3 is 19.7 Å². The normalized spacial score (nSPS) is 10.9. The highest BCUT2D eigenvalue weighted by Gasteiger charge is 2.18. The monoisotopic (exact) mass is 389 g/mol. The van der Waals surface area contributed by atoms with Crippen molar-refractivity contribution in [2.45, 2.75) is 33.2 Å². The first kappa shape index (κ1) is 21.5. The third-order valence-electron chi connectivity index (χ3n) is 4.01. The summed E-state index contributed by atoms with van der Waals surface area (Å²) in [4.78, 5) is 25.7. The van der Waals surface area contributed by atoms with Crippen molar-refractivity contribution in [2.24, 2.45) is 0 Å². The second-order valence-corrected chi connectivity index (χ2v) is 6.10. The molecule has 1 N–H and O–H groups in total. The lowest BCUT2D eigenvalue weighted by Gasteiger charge is -2.16. The van der Waals surface area contributed by atoms with Crippen molar-refractivity contribution in [2.75, 3.05) is 27.3 Å². The summed E-state index contributed by atoms with van der Waals surface area (Å²) in [5.74, 6) is -0.393. The van der Waals surface area contributed by atoms with Crippen molar-refractivity contribution >= 4 is 11.8 Å². The van der Waals surface area contributed by atoms with Gasteiger partial charge in [-0.25, -0.2) is 4.68 Å². The largest absolute Gasteiger partial charge is 0.355 e. The predicted molar refractivity (Wildman–Crippen MR) is 103 cm³/mol. The van der Waals surface area contributed by atoms with E-state index in [0.717, 1.165) is 5.56 Å². The summed E-state index contributed by atoms with van der Waals surface area (Å²) in [6.45, 7) is 5.56. The lowest BCUT2D eigenvalue weighted by Crippen LogP contribution is -2.27. The summed E-state index contributed by atoms with van der Waals surface area (Å²) in [6, 6.07) is 7.09. The van der Waals surface area contributed by atoms with Crippen molar-refractivity contribution in [3.05, 3.63) is 47.3 Å². The summed E-state index contributed by atoms with van der Waals surface area (Å²) in [6.07, 6.45) is 1.15. The van der Waals surface area contributed by atoms with Crippen LogP contribution in [0.15, 0.2) is 30.5 Å². The molecule has 1 aromatic carbocycles. The second-order valence-electron chi connectivity index (χ2n) is 6.10. The van der Waals surface area contributed by atoms with Crippen molar-refractivity contribution in [3.8, 4) is 0 Å². The standard InChI is InChI=1S/C19H27N5O4/c1-5-27-17(28-6-2)13-24-12-16(21-22-24)19(26)23(4)11-14-7-9-15(10-8-14)18(25)20-3/h7-10,12,17H,5-6,11,13H2,1-4H3,(H,20,25). The smallest absolute Gasteiger partial charge is 0.276 e. The molecule has 0 spiro atoms. The van der Waals surface area contributed by atoms with Gasteiger partial charge in [0.05, 0.1) is 12.7 Å². The number of amides is 2. The van der Waals surface area contributed by atoms with Crippen LogP contribution in [0.2, 0.25) is 0 Å². The molecule has 0 aliphatic carbocycles. The van der Waals surface area contributed by atoms with Crippen molar-refractivity contribution < 1.29 is 19.1 Å². The van der Waals surface area contributed by atoms with Crippen LogP contribution >= 0.6 is 0 Å². The number of hydrogen-bond acceptors (Lipinski definition) is 6. The van der Waals surface area contributed by atoms with Gasteiger partial charge in [-0.2, -0.15) is 0 Å². The summed E-state index contributed by atoms with van der Waals surface area (Å²) in [5.41, 5.74) is 1.72. The van der Waals surface area contributed by atoms with Gasteiger partial charge in [0, 0.05) is 39.4 Å². The van der Waals surface area contributed by atoms with Gasteiger partial charge in [-0.1, -0.05) is 17.3 Å². The minimum absolute atomic E-state index is 0.148. The highest BCUT2D eigenvalue weighted by atomic mass is 16.7. The van der Waals surface area contributed by atoms with Crippen LogP contribution < -0.4 is 5.32 Å². The molecule has 0 unspecified atom stereocenters. The van der Waals surface area contributed by atoms with Crippen molar-refractivity contribution in [1.29, 1.82) is 0 Å². The van der Waals surface area contributed by atoms with Gasteiger partial charge in [0.25, 0.3) is 11.8 Å². The van der Waals surface area contributed by atoms with E-state index in [2.05, 4.69) is 15.6 Å². The Hall–Kier alpha value is -2.78. The van der Waals surface area contributed by atoms with Gasteiger partial charge in [-0.3, -0.25) is 9.59 Å². The molecule has 0 radical (unpaired) electrons. The molecule has 0 saturated heterocycles. The van der Waals surface area contributed by atoms with Crippen LogP contribution in [0, 0.1) is 0 Å². The number of hydrogen-bond donors (Lipinski definition) is 1. The van der Waals surface area contributed by atoms with Gasteiger partial charge in [-0.15, -0.1) is 5.10 Å². The van der Waals surface area contributed by atoms with E-state index >= 15 is 0 Å². The molecule has 0 fully saturated rings. The Bertz CT molecular complexity index is 769. The molecule has 152 valence electrons. The first-order valence-corrected chi connectivity index (χ1v) is 9.18. The number of aromatic nitrogens is 3. The zero-order valence-corrected chi connectivity index (χ0v) is 16.7. The van der Waals surface area contributed by atoms with Crippen LogP contribution in [-0.4, -0.2) is 65.3 Å². The number of ether oxygens (including phenoxy) is 2. The van der Waals surface area contributed by atoms with E-state index in [-0.39, 0.29) is 17.5 Å². The van der Waals surface area contributed by atoms with Crippen LogP contribution in [0.5, 0.6) is 0 Å². The average Bonchev–Trinajstić information content (AvgIpc) is 3.16. The van der Waals surface area contributed by atoms with Crippen molar-refractivity contribution in [3.63, 3.8) is 0 Å². The molecular formula is C19H27N5O4. The zero-order chi connectivity index (χ0) is 20.5. The van der Waals surface area contributed by atoms with E-state index in [9.17, 15) is 9.59 Å². The van der Waals surface area contributed by atoms with E-state index in [1.54, 1.807) is 37.3 Å². The molecule has 9 nitrogen and oxygen atoms in total. The van der Waals surface area contributed by atoms with E-state index in [4.69, 9.17) is 9.47 Å². The highest BCUT2D eigenvalue weighted by Crippen LogP contribution is 2.09.